The van der Waals surface area contributed by atoms with Crippen molar-refractivity contribution in [2.24, 2.45) is 0 Å². The topological polar surface area (TPSA) is 75.0 Å². The van der Waals surface area contributed by atoms with Crippen molar-refractivity contribution in [1.82, 2.24) is 9.97 Å². The second kappa shape index (κ2) is 6.19. The predicted octanol–water partition coefficient (Wildman–Crippen LogP) is 1.09. The molecule has 0 amide bonds. The van der Waals surface area contributed by atoms with E-state index >= 15 is 0 Å². The predicted molar refractivity (Wildman–Crippen MR) is 89.0 cm³/mol. The molecular weight excluding hydrogens is 292 g/mol. The number of rotatable bonds is 3. The molecule has 0 saturated carbocycles. The zero-order valence-electron chi connectivity index (χ0n) is 12.2. The maximum atomic E-state index is 11.8. The van der Waals surface area contributed by atoms with E-state index in [9.17, 15) is 9.59 Å². The lowest BCUT2D eigenvalue weighted by atomic mass is 10.2. The van der Waals surface area contributed by atoms with Gasteiger partial charge in [-0.05, 0) is 35.9 Å². The van der Waals surface area contributed by atoms with Gasteiger partial charge < -0.3 is 14.7 Å². The highest BCUT2D eigenvalue weighted by Crippen LogP contribution is 2.21. The Labute approximate surface area is 131 Å². The van der Waals surface area contributed by atoms with Gasteiger partial charge in [0.25, 0.3) is 11.1 Å². The lowest BCUT2D eigenvalue weighted by molar-refractivity contribution is 0.482. The summed E-state index contributed by atoms with van der Waals surface area (Å²) >= 11 is 0. The molecule has 0 spiro atoms. The summed E-state index contributed by atoms with van der Waals surface area (Å²) in [6.45, 7) is 3.50. The second-order valence-electron chi connectivity index (χ2n) is 4.93. The van der Waals surface area contributed by atoms with Crippen molar-refractivity contribution >= 4 is 12.7 Å². The van der Waals surface area contributed by atoms with Crippen LogP contribution in [0.3, 0.4) is 0 Å². The maximum Gasteiger partial charge on any atom is 0.262 e. The van der Waals surface area contributed by atoms with Gasteiger partial charge in [-0.3, -0.25) is 9.59 Å². The van der Waals surface area contributed by atoms with Crippen LogP contribution >= 0.6 is 0 Å². The van der Waals surface area contributed by atoms with Gasteiger partial charge >= 0.3 is 0 Å². The molecular formula is C18H14N2O3. The Morgan fingerprint density at radius 2 is 1.39 bits per heavy atom. The Balaban J connectivity index is 1.92. The Kier molecular flexibility index (Phi) is 3.93. The minimum Gasteiger partial charge on any atom is -0.457 e. The SMILES string of the molecule is C=c1[nH]c(=O)c(=Cc2ccc(Oc3ccccc3)cc2)c(=O)[nH]1. The van der Waals surface area contributed by atoms with Crippen LogP contribution < -0.4 is 26.6 Å². The Bertz CT molecular complexity index is 995. The third-order valence-corrected chi connectivity index (χ3v) is 3.19. The number of nitrogens with one attached hydrogen (secondary N) is 2. The van der Waals surface area contributed by atoms with Gasteiger partial charge in [0.15, 0.2) is 0 Å². The van der Waals surface area contributed by atoms with E-state index < -0.39 is 11.1 Å². The van der Waals surface area contributed by atoms with Crippen LogP contribution in [0.4, 0.5) is 0 Å². The zero-order valence-corrected chi connectivity index (χ0v) is 12.2. The summed E-state index contributed by atoms with van der Waals surface area (Å²) in [6.07, 6.45) is 1.52. The average Bonchev–Trinajstić information content (AvgIpc) is 2.53. The quantitative estimate of drug-likeness (QED) is 0.761. The first-order valence-corrected chi connectivity index (χ1v) is 6.98. The Morgan fingerprint density at radius 1 is 0.826 bits per heavy atom. The third-order valence-electron chi connectivity index (χ3n) is 3.19. The van der Waals surface area contributed by atoms with E-state index in [1.54, 1.807) is 24.3 Å². The first kappa shape index (κ1) is 14.6. The minimum absolute atomic E-state index is 0.0362. The van der Waals surface area contributed by atoms with E-state index in [2.05, 4.69) is 16.5 Å². The summed E-state index contributed by atoms with van der Waals surface area (Å²) in [5, 5.41) is 0.0362. The molecule has 114 valence electrons. The van der Waals surface area contributed by atoms with Crippen LogP contribution in [0.25, 0.3) is 12.7 Å². The molecule has 2 aromatic carbocycles. The molecule has 23 heavy (non-hydrogen) atoms. The molecule has 0 bridgehead atoms. The molecule has 0 aliphatic heterocycles. The fourth-order valence-corrected chi connectivity index (χ4v) is 2.10. The number of para-hydroxylation sites is 1. The minimum atomic E-state index is -0.469. The van der Waals surface area contributed by atoms with Crippen LogP contribution in [-0.2, 0) is 0 Å². The normalized spacial score (nSPS) is 10.3. The van der Waals surface area contributed by atoms with Crippen LogP contribution in [0.15, 0.2) is 64.2 Å². The highest BCUT2D eigenvalue weighted by atomic mass is 16.5. The zero-order chi connectivity index (χ0) is 16.2. The molecule has 1 heterocycles. The van der Waals surface area contributed by atoms with Gasteiger partial charge in [-0.25, -0.2) is 0 Å². The van der Waals surface area contributed by atoms with Crippen LogP contribution in [-0.4, -0.2) is 9.97 Å². The number of aromatic nitrogens is 2. The number of aromatic amines is 2. The molecule has 3 rings (SSSR count). The molecule has 0 aliphatic carbocycles. The van der Waals surface area contributed by atoms with Gasteiger partial charge in [0, 0.05) is 0 Å². The summed E-state index contributed by atoms with van der Waals surface area (Å²) in [7, 11) is 0. The molecule has 5 heteroatoms. The van der Waals surface area contributed by atoms with E-state index in [0.29, 0.717) is 5.75 Å². The molecule has 0 atom stereocenters. The van der Waals surface area contributed by atoms with Crippen LogP contribution in [0.2, 0.25) is 0 Å². The number of H-pyrrole nitrogens is 2. The summed E-state index contributed by atoms with van der Waals surface area (Å²) in [6, 6.07) is 16.5. The van der Waals surface area contributed by atoms with Gasteiger partial charge in [0.05, 0.1) is 0 Å². The van der Waals surface area contributed by atoms with Gasteiger partial charge in [-0.2, -0.15) is 0 Å². The van der Waals surface area contributed by atoms with Crippen molar-refractivity contribution in [2.45, 2.75) is 0 Å². The Hall–Kier alpha value is -3.34. The summed E-state index contributed by atoms with van der Waals surface area (Å²) < 4.78 is 5.69. The van der Waals surface area contributed by atoms with E-state index in [4.69, 9.17) is 4.74 Å². The number of hydrogen-bond acceptors (Lipinski definition) is 3. The number of hydrogen-bond donors (Lipinski definition) is 2. The maximum absolute atomic E-state index is 11.8. The monoisotopic (exact) mass is 306 g/mol. The molecule has 0 aliphatic rings. The van der Waals surface area contributed by atoms with E-state index in [0.717, 1.165) is 11.3 Å². The van der Waals surface area contributed by atoms with E-state index in [1.165, 1.54) is 6.08 Å². The van der Waals surface area contributed by atoms with Gasteiger partial charge in [-0.15, -0.1) is 0 Å². The summed E-state index contributed by atoms with van der Waals surface area (Å²) in [5.74, 6) is 1.41. The summed E-state index contributed by atoms with van der Waals surface area (Å²) in [5.41, 5.74) is -0.0336. The van der Waals surface area contributed by atoms with Crippen LogP contribution in [0, 0.1) is 0 Å². The lowest BCUT2D eigenvalue weighted by Gasteiger charge is -2.05. The van der Waals surface area contributed by atoms with Crippen molar-refractivity contribution in [2.75, 3.05) is 0 Å². The molecule has 2 N–H and O–H groups in total. The smallest absolute Gasteiger partial charge is 0.262 e. The number of ether oxygens (including phenoxy) is 1. The first-order chi connectivity index (χ1) is 11.1. The molecule has 3 aromatic rings. The van der Waals surface area contributed by atoms with Crippen molar-refractivity contribution in [3.8, 4) is 11.5 Å². The lowest BCUT2D eigenvalue weighted by Crippen LogP contribution is -2.47. The van der Waals surface area contributed by atoms with Gasteiger partial charge in [-0.1, -0.05) is 36.9 Å². The van der Waals surface area contributed by atoms with Crippen molar-refractivity contribution in [1.29, 1.82) is 0 Å². The van der Waals surface area contributed by atoms with Crippen LogP contribution in [0.5, 0.6) is 11.5 Å². The molecule has 1 aromatic heterocycles. The summed E-state index contributed by atoms with van der Waals surface area (Å²) in [4.78, 5) is 28.5. The van der Waals surface area contributed by atoms with Crippen molar-refractivity contribution in [3.05, 3.63) is 91.6 Å². The molecule has 0 saturated heterocycles. The van der Waals surface area contributed by atoms with Crippen molar-refractivity contribution < 1.29 is 4.74 Å². The van der Waals surface area contributed by atoms with Gasteiger partial charge in [0.1, 0.15) is 22.2 Å². The third kappa shape index (κ3) is 3.47. The number of benzene rings is 2. The van der Waals surface area contributed by atoms with E-state index in [-0.39, 0.29) is 10.7 Å². The molecule has 0 fully saturated rings. The van der Waals surface area contributed by atoms with Crippen LogP contribution in [0.1, 0.15) is 5.56 Å². The Morgan fingerprint density at radius 3 is 2.00 bits per heavy atom. The fraction of sp³-hybridized carbons (Fsp3) is 0. The van der Waals surface area contributed by atoms with Gasteiger partial charge in [0.2, 0.25) is 0 Å². The largest absolute Gasteiger partial charge is 0.457 e. The molecule has 5 nitrogen and oxygen atoms in total. The molecule has 0 unspecified atom stereocenters. The second-order valence-corrected chi connectivity index (χ2v) is 4.93. The van der Waals surface area contributed by atoms with Crippen molar-refractivity contribution in [3.63, 3.8) is 0 Å². The highest BCUT2D eigenvalue weighted by molar-refractivity contribution is 5.50. The average molecular weight is 306 g/mol. The molecule has 0 radical (unpaired) electrons. The highest BCUT2D eigenvalue weighted by Gasteiger charge is 1.99. The fourth-order valence-electron chi connectivity index (χ4n) is 2.10. The van der Waals surface area contributed by atoms with E-state index in [1.807, 2.05) is 30.3 Å². The standard InChI is InChI=1S/C18H14N2O3/c1-12-19-17(21)16(18(22)20-12)11-13-7-9-15(10-8-13)23-14-5-3-2-4-6-14/h2-11H,1H2,(H,19,21)(H,20,22). The first-order valence-electron chi connectivity index (χ1n) is 6.98.